The minimum atomic E-state index is -0.272. The quantitative estimate of drug-likeness (QED) is 0.632. The molecule has 4 heteroatoms. The Morgan fingerprint density at radius 3 is 2.47 bits per heavy atom. The smallest absolute Gasteiger partial charge is 0.102 e. The molecule has 1 atom stereocenters. The fourth-order valence-electron chi connectivity index (χ4n) is 1.53. The normalized spacial score (nSPS) is 20.3. The molecule has 0 bridgehead atoms. The average molecular weight is 222 g/mol. The van der Waals surface area contributed by atoms with E-state index in [-0.39, 0.29) is 6.17 Å². The number of halogens is 1. The van der Waals surface area contributed by atoms with Crippen LogP contribution in [0.25, 0.3) is 5.57 Å². The fourth-order valence-corrected chi connectivity index (χ4v) is 1.82. The van der Waals surface area contributed by atoms with Gasteiger partial charge in [-0.1, -0.05) is 23.7 Å². The Kier molecular flexibility index (Phi) is 2.66. The summed E-state index contributed by atoms with van der Waals surface area (Å²) in [6.07, 6.45) is 3.26. The molecule has 0 aromatic heterocycles. The minimum Gasteiger partial charge on any atom is -0.399 e. The van der Waals surface area contributed by atoms with Gasteiger partial charge in [-0.3, -0.25) is 0 Å². The second-order valence-corrected chi connectivity index (χ2v) is 3.77. The summed E-state index contributed by atoms with van der Waals surface area (Å²) < 4.78 is 0. The van der Waals surface area contributed by atoms with E-state index in [4.69, 9.17) is 23.1 Å². The van der Waals surface area contributed by atoms with Crippen LogP contribution < -0.4 is 16.8 Å². The Labute approximate surface area is 93.4 Å². The molecule has 1 unspecified atom stereocenters. The van der Waals surface area contributed by atoms with E-state index in [1.807, 2.05) is 24.3 Å². The number of hydrogen-bond acceptors (Lipinski definition) is 3. The highest BCUT2D eigenvalue weighted by atomic mass is 35.5. The predicted octanol–water partition coefficient (Wildman–Crippen LogP) is 1.62. The van der Waals surface area contributed by atoms with Gasteiger partial charge in [-0.05, 0) is 30.0 Å². The molecule has 1 aliphatic heterocycles. The highest BCUT2D eigenvalue weighted by Gasteiger charge is 2.16. The Bertz CT molecular complexity index is 420. The number of nitrogens with two attached hydrogens (primary N) is 2. The number of anilines is 1. The van der Waals surface area contributed by atoms with Crippen LogP contribution in [0, 0.1) is 0 Å². The van der Waals surface area contributed by atoms with Gasteiger partial charge in [0, 0.05) is 16.3 Å². The molecule has 0 spiro atoms. The van der Waals surface area contributed by atoms with Crippen LogP contribution in [0.5, 0.6) is 0 Å². The Morgan fingerprint density at radius 2 is 1.87 bits per heavy atom. The fraction of sp³-hybridized carbons (Fsp3) is 0.0909. The molecule has 5 N–H and O–H groups in total. The van der Waals surface area contributed by atoms with Crippen LogP contribution in [-0.4, -0.2) is 6.17 Å². The summed E-state index contributed by atoms with van der Waals surface area (Å²) in [6, 6.07) is 7.48. The van der Waals surface area contributed by atoms with E-state index in [0.717, 1.165) is 16.8 Å². The highest BCUT2D eigenvalue weighted by Crippen LogP contribution is 2.26. The molecule has 1 aromatic rings. The summed E-state index contributed by atoms with van der Waals surface area (Å²) in [5, 5.41) is 3.66. The first-order chi connectivity index (χ1) is 7.18. The highest BCUT2D eigenvalue weighted by molar-refractivity contribution is 6.34. The molecule has 0 aliphatic carbocycles. The van der Waals surface area contributed by atoms with Gasteiger partial charge in [-0.25, -0.2) is 0 Å². The molecule has 1 heterocycles. The van der Waals surface area contributed by atoms with Crippen molar-refractivity contribution in [1.29, 1.82) is 0 Å². The summed E-state index contributed by atoms with van der Waals surface area (Å²) >= 11 is 6.09. The molecule has 0 saturated heterocycles. The predicted molar refractivity (Wildman–Crippen MR) is 63.9 cm³/mol. The van der Waals surface area contributed by atoms with Crippen molar-refractivity contribution in [1.82, 2.24) is 5.32 Å². The van der Waals surface area contributed by atoms with Crippen molar-refractivity contribution in [2.24, 2.45) is 5.73 Å². The lowest BCUT2D eigenvalue weighted by Gasteiger charge is -2.21. The van der Waals surface area contributed by atoms with E-state index >= 15 is 0 Å². The van der Waals surface area contributed by atoms with E-state index in [1.54, 1.807) is 12.3 Å². The minimum absolute atomic E-state index is 0.272. The van der Waals surface area contributed by atoms with Crippen molar-refractivity contribution in [3.8, 4) is 0 Å². The number of rotatable bonds is 1. The third-order valence-electron chi connectivity index (χ3n) is 2.30. The first kappa shape index (κ1) is 10.1. The number of allylic oxidation sites excluding steroid dienone is 2. The molecule has 0 amide bonds. The monoisotopic (exact) mass is 221 g/mol. The lowest BCUT2D eigenvalue weighted by atomic mass is 10.0. The van der Waals surface area contributed by atoms with Gasteiger partial charge in [0.15, 0.2) is 0 Å². The topological polar surface area (TPSA) is 64.1 Å². The molecule has 2 rings (SSSR count). The third-order valence-corrected chi connectivity index (χ3v) is 2.63. The van der Waals surface area contributed by atoms with Gasteiger partial charge in [0.2, 0.25) is 0 Å². The van der Waals surface area contributed by atoms with Crippen molar-refractivity contribution >= 4 is 22.9 Å². The molecule has 1 aliphatic rings. The van der Waals surface area contributed by atoms with Crippen molar-refractivity contribution < 1.29 is 0 Å². The lowest BCUT2D eigenvalue weighted by molar-refractivity contribution is 0.743. The second kappa shape index (κ2) is 3.96. The van der Waals surface area contributed by atoms with Crippen LogP contribution in [0.15, 0.2) is 41.6 Å². The van der Waals surface area contributed by atoms with Gasteiger partial charge in [-0.15, -0.1) is 0 Å². The van der Waals surface area contributed by atoms with Crippen molar-refractivity contribution in [3.63, 3.8) is 0 Å². The number of hydrogen-bond donors (Lipinski definition) is 3. The second-order valence-electron chi connectivity index (χ2n) is 3.36. The molecule has 3 nitrogen and oxygen atoms in total. The van der Waals surface area contributed by atoms with E-state index in [9.17, 15) is 0 Å². The van der Waals surface area contributed by atoms with Gasteiger partial charge < -0.3 is 16.8 Å². The SMILES string of the molecule is Nc1ccc(C2=C(Cl)C=CNC2N)cc1. The van der Waals surface area contributed by atoms with Crippen molar-refractivity contribution in [2.45, 2.75) is 6.17 Å². The van der Waals surface area contributed by atoms with Gasteiger partial charge in [0.1, 0.15) is 6.17 Å². The molecule has 1 aromatic carbocycles. The maximum absolute atomic E-state index is 6.09. The summed E-state index contributed by atoms with van der Waals surface area (Å²) in [6.45, 7) is 0. The van der Waals surface area contributed by atoms with E-state index in [1.165, 1.54) is 0 Å². The largest absolute Gasteiger partial charge is 0.399 e. The number of nitrogens with one attached hydrogen (secondary N) is 1. The van der Waals surface area contributed by atoms with Crippen LogP contribution in [0.2, 0.25) is 0 Å². The van der Waals surface area contributed by atoms with E-state index in [2.05, 4.69) is 5.32 Å². The zero-order chi connectivity index (χ0) is 10.8. The summed E-state index contributed by atoms with van der Waals surface area (Å²) in [5.74, 6) is 0. The van der Waals surface area contributed by atoms with Crippen LogP contribution in [-0.2, 0) is 0 Å². The Morgan fingerprint density at radius 1 is 1.20 bits per heavy atom. The van der Waals surface area contributed by atoms with Crippen molar-refractivity contribution in [2.75, 3.05) is 5.73 Å². The zero-order valence-electron chi connectivity index (χ0n) is 8.07. The third kappa shape index (κ3) is 1.98. The van der Waals surface area contributed by atoms with Crippen molar-refractivity contribution in [3.05, 3.63) is 47.1 Å². The van der Waals surface area contributed by atoms with Gasteiger partial charge in [0.05, 0.1) is 0 Å². The Balaban J connectivity index is 2.45. The first-order valence-corrected chi connectivity index (χ1v) is 5.00. The van der Waals surface area contributed by atoms with E-state index in [0.29, 0.717) is 5.03 Å². The number of nitrogen functional groups attached to an aromatic ring is 1. The summed E-state index contributed by atoms with van der Waals surface area (Å²) in [5.41, 5.74) is 14.1. The van der Waals surface area contributed by atoms with Crippen LogP contribution in [0.1, 0.15) is 5.56 Å². The van der Waals surface area contributed by atoms with Crippen LogP contribution in [0.4, 0.5) is 5.69 Å². The molecule has 0 fully saturated rings. The Hall–Kier alpha value is -1.45. The van der Waals surface area contributed by atoms with Gasteiger partial charge in [0.25, 0.3) is 0 Å². The molecular formula is C11H12ClN3. The lowest BCUT2D eigenvalue weighted by Crippen LogP contribution is -2.36. The zero-order valence-corrected chi connectivity index (χ0v) is 8.83. The summed E-state index contributed by atoms with van der Waals surface area (Å²) in [4.78, 5) is 0. The molecule has 78 valence electrons. The molecular weight excluding hydrogens is 210 g/mol. The average Bonchev–Trinajstić information content (AvgIpc) is 2.20. The van der Waals surface area contributed by atoms with Crippen LogP contribution >= 0.6 is 11.6 Å². The summed E-state index contributed by atoms with van der Waals surface area (Å²) in [7, 11) is 0. The van der Waals surface area contributed by atoms with Crippen LogP contribution in [0.3, 0.4) is 0 Å². The maximum atomic E-state index is 6.09. The molecule has 0 radical (unpaired) electrons. The van der Waals surface area contributed by atoms with Gasteiger partial charge >= 0.3 is 0 Å². The standard InChI is InChI=1S/C11H12ClN3/c12-9-5-6-15-11(14)10(9)7-1-3-8(13)4-2-7/h1-6,11,15H,13-14H2. The molecule has 15 heavy (non-hydrogen) atoms. The van der Waals surface area contributed by atoms with Gasteiger partial charge in [-0.2, -0.15) is 0 Å². The number of dihydropyridines is 1. The molecule has 0 saturated carbocycles. The van der Waals surface area contributed by atoms with E-state index < -0.39 is 0 Å². The maximum Gasteiger partial charge on any atom is 0.102 e. The number of benzene rings is 1. The first-order valence-electron chi connectivity index (χ1n) is 4.62.